The van der Waals surface area contributed by atoms with Crippen LogP contribution in [0.1, 0.15) is 51.4 Å². The summed E-state index contributed by atoms with van der Waals surface area (Å²) < 4.78 is 2.01. The summed E-state index contributed by atoms with van der Waals surface area (Å²) in [5.74, 6) is 1.23. The van der Waals surface area contributed by atoms with Gasteiger partial charge < -0.3 is 9.47 Å². The van der Waals surface area contributed by atoms with E-state index in [4.69, 9.17) is 0 Å². The molecule has 0 aromatic carbocycles. The van der Waals surface area contributed by atoms with Gasteiger partial charge in [-0.25, -0.2) is 4.98 Å². The molecule has 2 heterocycles. The van der Waals surface area contributed by atoms with Crippen molar-refractivity contribution in [3.05, 3.63) is 18.2 Å². The molecule has 2 rings (SSSR count). The summed E-state index contributed by atoms with van der Waals surface area (Å²) >= 11 is 0. The second kappa shape index (κ2) is 6.03. The summed E-state index contributed by atoms with van der Waals surface area (Å²) in [7, 11) is 0. The van der Waals surface area contributed by atoms with Crippen molar-refractivity contribution < 1.29 is 4.79 Å². The molecule has 4 nitrogen and oxygen atoms in total. The highest BCUT2D eigenvalue weighted by Crippen LogP contribution is 2.17. The largest absolute Gasteiger partial charge is 0.341 e. The lowest BCUT2D eigenvalue weighted by atomic mass is 10.2. The second-order valence-electron chi connectivity index (χ2n) is 5.02. The smallest absolute Gasteiger partial charge is 0.245 e. The van der Waals surface area contributed by atoms with Crippen LogP contribution in [0.3, 0.4) is 0 Å². The zero-order valence-corrected chi connectivity index (χ0v) is 11.4. The Morgan fingerprint density at radius 3 is 2.61 bits per heavy atom. The summed E-state index contributed by atoms with van der Waals surface area (Å²) in [6, 6.07) is -0.124. The van der Waals surface area contributed by atoms with Gasteiger partial charge in [-0.1, -0.05) is 19.8 Å². The van der Waals surface area contributed by atoms with E-state index < -0.39 is 0 Å². The molecule has 1 aromatic heterocycles. The van der Waals surface area contributed by atoms with Gasteiger partial charge in [0.15, 0.2) is 0 Å². The molecule has 0 bridgehead atoms. The van der Waals surface area contributed by atoms with Gasteiger partial charge in [0, 0.05) is 31.9 Å². The number of hydrogen-bond acceptors (Lipinski definition) is 2. The first kappa shape index (κ1) is 13.1. The zero-order valence-electron chi connectivity index (χ0n) is 11.4. The van der Waals surface area contributed by atoms with Gasteiger partial charge in [0.1, 0.15) is 11.9 Å². The van der Waals surface area contributed by atoms with E-state index in [2.05, 4.69) is 11.9 Å². The number of nitrogens with zero attached hydrogens (tertiary/aromatic N) is 3. The number of rotatable bonds is 3. The van der Waals surface area contributed by atoms with Crippen molar-refractivity contribution >= 4 is 5.91 Å². The standard InChI is InChI=1S/C14H23N3O/c1-3-13-15-8-11-17(13)12(2)14(18)16-9-6-4-5-7-10-16/h8,11-12H,3-7,9-10H2,1-2H3. The average molecular weight is 249 g/mol. The Bertz CT molecular complexity index is 391. The summed E-state index contributed by atoms with van der Waals surface area (Å²) in [4.78, 5) is 18.8. The molecular formula is C14H23N3O. The summed E-state index contributed by atoms with van der Waals surface area (Å²) in [5.41, 5.74) is 0. The lowest BCUT2D eigenvalue weighted by Gasteiger charge is -2.25. The van der Waals surface area contributed by atoms with Gasteiger partial charge in [0.25, 0.3) is 0 Å². The van der Waals surface area contributed by atoms with Crippen LogP contribution in [-0.2, 0) is 11.2 Å². The summed E-state index contributed by atoms with van der Waals surface area (Å²) in [6.07, 6.45) is 9.35. The second-order valence-corrected chi connectivity index (χ2v) is 5.02. The van der Waals surface area contributed by atoms with Gasteiger partial charge in [-0.3, -0.25) is 4.79 Å². The first-order valence-corrected chi connectivity index (χ1v) is 7.04. The van der Waals surface area contributed by atoms with Gasteiger partial charge in [0.2, 0.25) is 5.91 Å². The van der Waals surface area contributed by atoms with Crippen LogP contribution in [0.2, 0.25) is 0 Å². The van der Waals surface area contributed by atoms with E-state index in [-0.39, 0.29) is 11.9 Å². The minimum atomic E-state index is -0.124. The summed E-state index contributed by atoms with van der Waals surface area (Å²) in [5, 5.41) is 0. The number of imidazole rings is 1. The molecule has 1 fully saturated rings. The van der Waals surface area contributed by atoms with Crippen LogP contribution in [-0.4, -0.2) is 33.4 Å². The SMILES string of the molecule is CCc1nccn1C(C)C(=O)N1CCCCCC1. The number of amides is 1. The molecule has 4 heteroatoms. The van der Waals surface area contributed by atoms with Crippen LogP contribution in [0.25, 0.3) is 0 Å². The highest BCUT2D eigenvalue weighted by atomic mass is 16.2. The number of aryl methyl sites for hydroxylation is 1. The number of carbonyl (C=O) groups is 1. The Labute approximate surface area is 109 Å². The third-order valence-corrected chi connectivity index (χ3v) is 3.76. The predicted octanol–water partition coefficient (Wildman–Crippen LogP) is 2.41. The maximum Gasteiger partial charge on any atom is 0.245 e. The van der Waals surface area contributed by atoms with Crippen molar-refractivity contribution in [1.29, 1.82) is 0 Å². The van der Waals surface area contributed by atoms with Crippen LogP contribution in [0.4, 0.5) is 0 Å². The molecule has 100 valence electrons. The molecule has 0 saturated carbocycles. The molecule has 1 saturated heterocycles. The molecule has 0 radical (unpaired) electrons. The lowest BCUT2D eigenvalue weighted by molar-refractivity contribution is -0.134. The lowest BCUT2D eigenvalue weighted by Crippen LogP contribution is -2.37. The molecule has 18 heavy (non-hydrogen) atoms. The Hall–Kier alpha value is -1.32. The van der Waals surface area contributed by atoms with Gasteiger partial charge in [-0.05, 0) is 19.8 Å². The van der Waals surface area contributed by atoms with Crippen molar-refractivity contribution in [1.82, 2.24) is 14.5 Å². The van der Waals surface area contributed by atoms with E-state index in [1.54, 1.807) is 6.20 Å². The first-order chi connectivity index (χ1) is 8.74. The highest BCUT2D eigenvalue weighted by Gasteiger charge is 2.23. The molecular weight excluding hydrogens is 226 g/mol. The van der Waals surface area contributed by atoms with Gasteiger partial charge >= 0.3 is 0 Å². The van der Waals surface area contributed by atoms with E-state index in [0.29, 0.717) is 0 Å². The number of aromatic nitrogens is 2. The topological polar surface area (TPSA) is 38.1 Å². The maximum absolute atomic E-state index is 12.5. The molecule has 1 aliphatic rings. The average Bonchev–Trinajstić information content (AvgIpc) is 2.70. The Balaban J connectivity index is 2.07. The Kier molecular flexibility index (Phi) is 4.39. The molecule has 0 aliphatic carbocycles. The van der Waals surface area contributed by atoms with Crippen LogP contribution in [0, 0.1) is 0 Å². The van der Waals surface area contributed by atoms with Crippen molar-refractivity contribution in [3.63, 3.8) is 0 Å². The quantitative estimate of drug-likeness (QED) is 0.825. The maximum atomic E-state index is 12.5. The third kappa shape index (κ3) is 2.74. The van der Waals surface area contributed by atoms with Crippen molar-refractivity contribution in [2.75, 3.05) is 13.1 Å². The van der Waals surface area contributed by atoms with E-state index in [9.17, 15) is 4.79 Å². The Morgan fingerprint density at radius 2 is 2.00 bits per heavy atom. The van der Waals surface area contributed by atoms with Gasteiger partial charge in [-0.15, -0.1) is 0 Å². The predicted molar refractivity (Wildman–Crippen MR) is 71.4 cm³/mol. The van der Waals surface area contributed by atoms with Crippen LogP contribution < -0.4 is 0 Å². The van der Waals surface area contributed by atoms with E-state index in [1.165, 1.54) is 12.8 Å². The zero-order chi connectivity index (χ0) is 13.0. The van der Waals surface area contributed by atoms with Crippen LogP contribution >= 0.6 is 0 Å². The Morgan fingerprint density at radius 1 is 1.33 bits per heavy atom. The molecule has 1 amide bonds. The molecule has 1 aliphatic heterocycles. The minimum absolute atomic E-state index is 0.124. The fourth-order valence-electron chi connectivity index (χ4n) is 2.64. The number of likely N-dealkylation sites (tertiary alicyclic amines) is 1. The molecule has 0 spiro atoms. The van der Waals surface area contributed by atoms with Crippen LogP contribution in [0.5, 0.6) is 0 Å². The van der Waals surface area contributed by atoms with Gasteiger partial charge in [0.05, 0.1) is 0 Å². The number of carbonyl (C=O) groups excluding carboxylic acids is 1. The van der Waals surface area contributed by atoms with Crippen molar-refractivity contribution in [3.8, 4) is 0 Å². The van der Waals surface area contributed by atoms with Crippen molar-refractivity contribution in [2.45, 2.75) is 52.0 Å². The van der Waals surface area contributed by atoms with Gasteiger partial charge in [-0.2, -0.15) is 0 Å². The van der Waals surface area contributed by atoms with E-state index >= 15 is 0 Å². The third-order valence-electron chi connectivity index (χ3n) is 3.76. The van der Waals surface area contributed by atoms with E-state index in [1.807, 2.05) is 22.6 Å². The highest BCUT2D eigenvalue weighted by molar-refractivity contribution is 5.80. The fourth-order valence-corrected chi connectivity index (χ4v) is 2.64. The molecule has 1 aromatic rings. The molecule has 0 N–H and O–H groups in total. The monoisotopic (exact) mass is 249 g/mol. The van der Waals surface area contributed by atoms with E-state index in [0.717, 1.165) is 38.2 Å². The fraction of sp³-hybridized carbons (Fsp3) is 0.714. The molecule has 1 atom stereocenters. The normalized spacial score (nSPS) is 18.4. The molecule has 1 unspecified atom stereocenters. The first-order valence-electron chi connectivity index (χ1n) is 7.04. The summed E-state index contributed by atoms with van der Waals surface area (Å²) in [6.45, 7) is 5.88. The van der Waals surface area contributed by atoms with Crippen LogP contribution in [0.15, 0.2) is 12.4 Å². The number of hydrogen-bond donors (Lipinski definition) is 0. The van der Waals surface area contributed by atoms with Crippen molar-refractivity contribution in [2.24, 2.45) is 0 Å². The minimum Gasteiger partial charge on any atom is -0.341 e.